The monoisotopic (exact) mass is 425 g/mol. The maximum Gasteiger partial charge on any atom is 0.265 e. The summed E-state index contributed by atoms with van der Waals surface area (Å²) in [7, 11) is 0. The van der Waals surface area contributed by atoms with Crippen LogP contribution in [0.5, 0.6) is 11.5 Å². The van der Waals surface area contributed by atoms with E-state index < -0.39 is 6.10 Å². The van der Waals surface area contributed by atoms with Crippen LogP contribution < -0.4 is 14.8 Å². The van der Waals surface area contributed by atoms with Gasteiger partial charge in [0.05, 0.1) is 16.8 Å². The van der Waals surface area contributed by atoms with Crippen molar-refractivity contribution in [3.8, 4) is 11.5 Å². The average Bonchev–Trinajstić information content (AvgIpc) is 2.59. The van der Waals surface area contributed by atoms with E-state index in [1.165, 1.54) is 0 Å². The quantitative estimate of drug-likeness (QED) is 0.552. The van der Waals surface area contributed by atoms with Crippen LogP contribution >= 0.6 is 27.5 Å². The number of hydrogen-bond donors (Lipinski definition) is 1. The highest BCUT2D eigenvalue weighted by Gasteiger charge is 2.18. The summed E-state index contributed by atoms with van der Waals surface area (Å²) in [5.41, 5.74) is 0.634. The van der Waals surface area contributed by atoms with Crippen molar-refractivity contribution < 1.29 is 14.3 Å². The fourth-order valence-corrected chi connectivity index (χ4v) is 2.85. The Labute approximate surface area is 161 Å². The maximum atomic E-state index is 12.4. The van der Waals surface area contributed by atoms with Crippen molar-refractivity contribution in [2.75, 3.05) is 11.9 Å². The molecule has 0 heterocycles. The Bertz CT molecular complexity index is 724. The first kappa shape index (κ1) is 19.6. The third-order valence-electron chi connectivity index (χ3n) is 3.47. The number of hydrogen-bond acceptors (Lipinski definition) is 3. The van der Waals surface area contributed by atoms with Crippen LogP contribution in [0.3, 0.4) is 0 Å². The van der Waals surface area contributed by atoms with Crippen LogP contribution in [0.25, 0.3) is 0 Å². The van der Waals surface area contributed by atoms with Gasteiger partial charge >= 0.3 is 0 Å². The smallest absolute Gasteiger partial charge is 0.265 e. The number of amides is 1. The SMILES string of the molecule is CCCCOc1ccccc1NC(=O)C(C)Oc1ccc(Cl)cc1Br. The fourth-order valence-electron chi connectivity index (χ4n) is 2.07. The van der Waals surface area contributed by atoms with Gasteiger partial charge in [0.25, 0.3) is 5.91 Å². The molecule has 2 rings (SSSR count). The van der Waals surface area contributed by atoms with E-state index in [1.54, 1.807) is 25.1 Å². The van der Waals surface area contributed by atoms with Gasteiger partial charge < -0.3 is 14.8 Å². The summed E-state index contributed by atoms with van der Waals surface area (Å²) >= 11 is 9.29. The van der Waals surface area contributed by atoms with Crippen LogP contribution in [0.15, 0.2) is 46.9 Å². The highest BCUT2D eigenvalue weighted by Crippen LogP contribution is 2.29. The molecule has 0 fully saturated rings. The van der Waals surface area contributed by atoms with Gasteiger partial charge in [0.1, 0.15) is 11.5 Å². The van der Waals surface area contributed by atoms with Crippen LogP contribution in [0, 0.1) is 0 Å². The first-order chi connectivity index (χ1) is 12.0. The molecule has 0 radical (unpaired) electrons. The van der Waals surface area contributed by atoms with Crippen LogP contribution in [0.4, 0.5) is 5.69 Å². The molecule has 0 aliphatic carbocycles. The lowest BCUT2D eigenvalue weighted by atomic mass is 10.2. The van der Waals surface area contributed by atoms with Gasteiger partial charge in [0, 0.05) is 5.02 Å². The molecule has 2 aromatic rings. The normalized spacial score (nSPS) is 11.7. The van der Waals surface area contributed by atoms with Crippen LogP contribution in [-0.2, 0) is 4.79 Å². The van der Waals surface area contributed by atoms with E-state index in [1.807, 2.05) is 24.3 Å². The molecule has 1 atom stereocenters. The number of anilines is 1. The Kier molecular flexibility index (Phi) is 7.59. The fraction of sp³-hybridized carbons (Fsp3) is 0.316. The molecular weight excluding hydrogens is 406 g/mol. The van der Waals surface area contributed by atoms with Gasteiger partial charge in [-0.1, -0.05) is 37.1 Å². The summed E-state index contributed by atoms with van der Waals surface area (Å²) < 4.78 is 12.1. The number of unbranched alkanes of at least 4 members (excludes halogenated alkanes) is 1. The zero-order valence-electron chi connectivity index (χ0n) is 14.2. The topological polar surface area (TPSA) is 47.6 Å². The number of carbonyl (C=O) groups excluding carboxylic acids is 1. The van der Waals surface area contributed by atoms with E-state index in [9.17, 15) is 4.79 Å². The molecule has 0 saturated heterocycles. The molecule has 2 aromatic carbocycles. The molecule has 0 spiro atoms. The predicted octanol–water partition coefficient (Wildman–Crippen LogP) is 5.69. The van der Waals surface area contributed by atoms with Crippen molar-refractivity contribution in [3.05, 3.63) is 52.0 Å². The Morgan fingerprint density at radius 3 is 2.72 bits per heavy atom. The molecule has 0 aliphatic heterocycles. The second-order valence-corrected chi connectivity index (χ2v) is 6.81. The minimum absolute atomic E-state index is 0.256. The Hall–Kier alpha value is -1.72. The molecule has 25 heavy (non-hydrogen) atoms. The number of rotatable bonds is 8. The molecular formula is C19H21BrClNO3. The molecule has 1 unspecified atom stereocenters. The summed E-state index contributed by atoms with van der Waals surface area (Å²) in [5.74, 6) is 0.956. The third kappa shape index (κ3) is 5.94. The lowest BCUT2D eigenvalue weighted by Gasteiger charge is -2.17. The van der Waals surface area contributed by atoms with Crippen molar-refractivity contribution in [1.82, 2.24) is 0 Å². The number of halogens is 2. The first-order valence-electron chi connectivity index (χ1n) is 8.15. The maximum absolute atomic E-state index is 12.4. The van der Waals surface area contributed by atoms with Gasteiger partial charge in [-0.05, 0) is 59.6 Å². The van der Waals surface area contributed by atoms with Crippen LogP contribution in [0.2, 0.25) is 5.02 Å². The number of para-hydroxylation sites is 2. The van der Waals surface area contributed by atoms with Gasteiger partial charge in [-0.3, -0.25) is 4.79 Å². The summed E-state index contributed by atoms with van der Waals surface area (Å²) in [4.78, 5) is 12.4. The summed E-state index contributed by atoms with van der Waals surface area (Å²) in [6.07, 6.45) is 1.34. The van der Waals surface area contributed by atoms with Crippen molar-refractivity contribution >= 4 is 39.1 Å². The van der Waals surface area contributed by atoms with Crippen molar-refractivity contribution in [1.29, 1.82) is 0 Å². The molecule has 0 saturated carbocycles. The number of ether oxygens (including phenoxy) is 2. The Balaban J connectivity index is 2.01. The molecule has 134 valence electrons. The summed E-state index contributed by atoms with van der Waals surface area (Å²) in [6.45, 7) is 4.41. The predicted molar refractivity (Wildman–Crippen MR) is 105 cm³/mol. The molecule has 0 aliphatic rings. The largest absolute Gasteiger partial charge is 0.491 e. The zero-order valence-corrected chi connectivity index (χ0v) is 16.6. The molecule has 1 N–H and O–H groups in total. The highest BCUT2D eigenvalue weighted by molar-refractivity contribution is 9.10. The van der Waals surface area contributed by atoms with Gasteiger partial charge in [-0.25, -0.2) is 0 Å². The second-order valence-electron chi connectivity index (χ2n) is 5.52. The lowest BCUT2D eigenvalue weighted by Crippen LogP contribution is -2.30. The molecule has 1 amide bonds. The minimum atomic E-state index is -0.679. The van der Waals surface area contributed by atoms with Gasteiger partial charge in [0.15, 0.2) is 6.10 Å². The molecule has 6 heteroatoms. The van der Waals surface area contributed by atoms with Gasteiger partial charge in [0.2, 0.25) is 0 Å². The first-order valence-corrected chi connectivity index (χ1v) is 9.32. The number of benzene rings is 2. The minimum Gasteiger partial charge on any atom is -0.491 e. The lowest BCUT2D eigenvalue weighted by molar-refractivity contribution is -0.122. The summed E-state index contributed by atoms with van der Waals surface area (Å²) in [5, 5.41) is 3.45. The second kappa shape index (κ2) is 9.68. The highest BCUT2D eigenvalue weighted by atomic mass is 79.9. The summed E-state index contributed by atoms with van der Waals surface area (Å²) in [6, 6.07) is 12.5. The van der Waals surface area contributed by atoms with E-state index in [2.05, 4.69) is 28.2 Å². The molecule has 4 nitrogen and oxygen atoms in total. The van der Waals surface area contributed by atoms with Gasteiger partial charge in [-0.15, -0.1) is 0 Å². The standard InChI is InChI=1S/C19H21BrClNO3/c1-3-4-11-24-18-8-6-5-7-16(18)22-19(23)13(2)25-17-10-9-14(21)12-15(17)20/h5-10,12-13H,3-4,11H2,1-2H3,(H,22,23). The number of nitrogens with one attached hydrogen (secondary N) is 1. The third-order valence-corrected chi connectivity index (χ3v) is 4.32. The zero-order chi connectivity index (χ0) is 18.2. The van der Waals surface area contributed by atoms with E-state index in [0.29, 0.717) is 33.3 Å². The van der Waals surface area contributed by atoms with Crippen molar-refractivity contribution in [3.63, 3.8) is 0 Å². The van der Waals surface area contributed by atoms with Crippen LogP contribution in [0.1, 0.15) is 26.7 Å². The van der Waals surface area contributed by atoms with E-state index >= 15 is 0 Å². The van der Waals surface area contributed by atoms with E-state index in [4.69, 9.17) is 21.1 Å². The van der Waals surface area contributed by atoms with E-state index in [0.717, 1.165) is 12.8 Å². The average molecular weight is 427 g/mol. The Morgan fingerprint density at radius 1 is 1.24 bits per heavy atom. The Morgan fingerprint density at radius 2 is 2.00 bits per heavy atom. The number of carbonyl (C=O) groups is 1. The van der Waals surface area contributed by atoms with Gasteiger partial charge in [-0.2, -0.15) is 0 Å². The van der Waals surface area contributed by atoms with Crippen molar-refractivity contribution in [2.24, 2.45) is 0 Å². The molecule has 0 aromatic heterocycles. The van der Waals surface area contributed by atoms with E-state index in [-0.39, 0.29) is 5.91 Å². The van der Waals surface area contributed by atoms with Crippen LogP contribution in [-0.4, -0.2) is 18.6 Å². The molecule has 0 bridgehead atoms. The van der Waals surface area contributed by atoms with Crippen molar-refractivity contribution in [2.45, 2.75) is 32.8 Å².